The molecule has 0 fully saturated rings. The van der Waals surface area contributed by atoms with Crippen molar-refractivity contribution in [3.05, 3.63) is 181 Å². The SMILES string of the molecule is CC1(C)c2ccccc2-c2c(N(c3ccc4c(c3)oc3cc5oc(-c6ccccc6)nc5cc34)c3ccccc3-c3cccc4ccccc34)cccc21. The van der Waals surface area contributed by atoms with Crippen molar-refractivity contribution in [1.29, 1.82) is 0 Å². The van der Waals surface area contributed by atoms with Crippen molar-refractivity contribution in [2.45, 2.75) is 19.3 Å². The molecule has 0 spiro atoms. The van der Waals surface area contributed by atoms with Crippen molar-refractivity contribution in [3.63, 3.8) is 0 Å². The Kier molecular flexibility index (Phi) is 6.56. The first-order valence-corrected chi connectivity index (χ1v) is 18.5. The minimum atomic E-state index is -0.142. The zero-order valence-corrected chi connectivity index (χ0v) is 29.9. The number of nitrogens with zero attached hydrogens (tertiary/aromatic N) is 2. The predicted molar refractivity (Wildman–Crippen MR) is 222 cm³/mol. The van der Waals surface area contributed by atoms with E-state index in [4.69, 9.17) is 13.8 Å². The molecule has 1 aliphatic carbocycles. The van der Waals surface area contributed by atoms with Crippen LogP contribution in [0, 0.1) is 0 Å². The Morgan fingerprint density at radius 2 is 1.17 bits per heavy atom. The number of rotatable bonds is 5. The van der Waals surface area contributed by atoms with Crippen LogP contribution in [0.15, 0.2) is 179 Å². The molecule has 0 atom stereocenters. The molecule has 0 radical (unpaired) electrons. The fraction of sp³-hybridized carbons (Fsp3) is 0.0600. The minimum absolute atomic E-state index is 0.142. The van der Waals surface area contributed by atoms with Gasteiger partial charge < -0.3 is 13.7 Å². The number of aromatic nitrogens is 1. The zero-order chi connectivity index (χ0) is 36.0. The molecule has 54 heavy (non-hydrogen) atoms. The van der Waals surface area contributed by atoms with E-state index >= 15 is 0 Å². The number of oxazole rings is 1. The van der Waals surface area contributed by atoms with Gasteiger partial charge in [-0.05, 0) is 75.5 Å². The first-order chi connectivity index (χ1) is 26.5. The van der Waals surface area contributed by atoms with Crippen molar-refractivity contribution in [3.8, 4) is 33.7 Å². The van der Waals surface area contributed by atoms with Crippen LogP contribution in [0.4, 0.5) is 17.1 Å². The summed E-state index contributed by atoms with van der Waals surface area (Å²) in [6, 6.07) is 60.3. The Bertz CT molecular complexity index is 3090. The summed E-state index contributed by atoms with van der Waals surface area (Å²) in [4.78, 5) is 7.28. The lowest BCUT2D eigenvalue weighted by Gasteiger charge is -2.30. The molecule has 0 bridgehead atoms. The summed E-state index contributed by atoms with van der Waals surface area (Å²) in [6.45, 7) is 4.68. The maximum absolute atomic E-state index is 6.68. The van der Waals surface area contributed by atoms with E-state index in [0.717, 1.165) is 55.6 Å². The largest absolute Gasteiger partial charge is 0.456 e. The third-order valence-corrected chi connectivity index (χ3v) is 11.3. The third kappa shape index (κ3) is 4.53. The van der Waals surface area contributed by atoms with E-state index in [1.807, 2.05) is 36.4 Å². The van der Waals surface area contributed by atoms with Crippen molar-refractivity contribution in [1.82, 2.24) is 4.98 Å². The Balaban J connectivity index is 1.15. The van der Waals surface area contributed by atoms with Crippen molar-refractivity contribution in [2.75, 3.05) is 4.90 Å². The summed E-state index contributed by atoms with van der Waals surface area (Å²) in [5.74, 6) is 0.602. The highest BCUT2D eigenvalue weighted by molar-refractivity contribution is 6.10. The fourth-order valence-electron chi connectivity index (χ4n) is 8.72. The van der Waals surface area contributed by atoms with Gasteiger partial charge in [-0.3, -0.25) is 0 Å². The number of benzene rings is 8. The van der Waals surface area contributed by atoms with Crippen LogP contribution in [0.25, 0.3) is 77.5 Å². The maximum atomic E-state index is 6.68. The molecule has 0 unspecified atom stereocenters. The van der Waals surface area contributed by atoms with Crippen LogP contribution in [0.5, 0.6) is 0 Å². The zero-order valence-electron chi connectivity index (χ0n) is 29.9. The van der Waals surface area contributed by atoms with Gasteiger partial charge in [0.2, 0.25) is 5.89 Å². The normalized spacial score (nSPS) is 13.1. The van der Waals surface area contributed by atoms with Gasteiger partial charge in [0.05, 0.1) is 11.4 Å². The van der Waals surface area contributed by atoms with Gasteiger partial charge in [-0.15, -0.1) is 0 Å². The van der Waals surface area contributed by atoms with Gasteiger partial charge in [-0.2, -0.15) is 0 Å². The van der Waals surface area contributed by atoms with E-state index in [-0.39, 0.29) is 5.41 Å². The highest BCUT2D eigenvalue weighted by Crippen LogP contribution is 2.55. The Morgan fingerprint density at radius 1 is 0.481 bits per heavy atom. The van der Waals surface area contributed by atoms with Crippen LogP contribution in [-0.4, -0.2) is 4.98 Å². The summed E-state index contributed by atoms with van der Waals surface area (Å²) in [6.07, 6.45) is 0. The standard InChI is InChI=1S/C50H34N2O2/c1-50(2)40-22-10-8-20-38(40)48-41(50)23-13-25-44(48)52(43-24-11-9-19-36(43)35-21-12-17-31-14-6-7-18-34(31)35)33-26-27-37-39-29-42-47(30-46(39)53-45(37)28-33)54-49(51-42)32-15-4-3-5-16-32/h3-30H,1-2H3. The van der Waals surface area contributed by atoms with E-state index < -0.39 is 0 Å². The monoisotopic (exact) mass is 694 g/mol. The highest BCUT2D eigenvalue weighted by Gasteiger charge is 2.38. The van der Waals surface area contributed by atoms with E-state index in [0.29, 0.717) is 11.5 Å². The quantitative estimate of drug-likeness (QED) is 0.180. The highest BCUT2D eigenvalue weighted by atomic mass is 16.4. The van der Waals surface area contributed by atoms with Crippen LogP contribution in [0.3, 0.4) is 0 Å². The van der Waals surface area contributed by atoms with E-state index in [1.54, 1.807) is 0 Å². The summed E-state index contributed by atoms with van der Waals surface area (Å²) >= 11 is 0. The van der Waals surface area contributed by atoms with Crippen LogP contribution in [0.1, 0.15) is 25.0 Å². The second-order valence-electron chi connectivity index (χ2n) is 14.7. The molecule has 4 heteroatoms. The lowest BCUT2D eigenvalue weighted by Crippen LogP contribution is -2.16. The molecule has 0 aliphatic heterocycles. The van der Waals surface area contributed by atoms with Crippen molar-refractivity contribution in [2.24, 2.45) is 0 Å². The predicted octanol–water partition coefficient (Wildman–Crippen LogP) is 14.0. The molecule has 2 heterocycles. The average Bonchev–Trinajstić information content (AvgIpc) is 3.87. The summed E-state index contributed by atoms with van der Waals surface area (Å²) < 4.78 is 12.9. The molecule has 8 aromatic carbocycles. The number of fused-ring (bicyclic) bond motifs is 8. The van der Waals surface area contributed by atoms with Crippen LogP contribution in [0.2, 0.25) is 0 Å². The number of hydrogen-bond donors (Lipinski definition) is 0. The van der Waals surface area contributed by atoms with E-state index in [1.165, 1.54) is 38.6 Å². The number of hydrogen-bond acceptors (Lipinski definition) is 4. The molecule has 10 aromatic rings. The Hall–Kier alpha value is -6.91. The third-order valence-electron chi connectivity index (χ3n) is 11.3. The van der Waals surface area contributed by atoms with Gasteiger partial charge in [0, 0.05) is 50.7 Å². The molecule has 0 N–H and O–H groups in total. The molecule has 256 valence electrons. The van der Waals surface area contributed by atoms with Crippen molar-refractivity contribution >= 4 is 60.9 Å². The molecule has 1 aliphatic rings. The number of para-hydroxylation sites is 1. The van der Waals surface area contributed by atoms with E-state index in [9.17, 15) is 0 Å². The lowest BCUT2D eigenvalue weighted by molar-refractivity contribution is 0.617. The van der Waals surface area contributed by atoms with Gasteiger partial charge in [0.25, 0.3) is 0 Å². The molecule has 4 nitrogen and oxygen atoms in total. The first-order valence-electron chi connectivity index (χ1n) is 18.5. The van der Waals surface area contributed by atoms with Gasteiger partial charge in [0.1, 0.15) is 16.7 Å². The smallest absolute Gasteiger partial charge is 0.227 e. The lowest BCUT2D eigenvalue weighted by atomic mass is 9.82. The molecular weight excluding hydrogens is 661 g/mol. The summed E-state index contributed by atoms with van der Waals surface area (Å²) in [5, 5.41) is 4.48. The summed E-state index contributed by atoms with van der Waals surface area (Å²) in [5.41, 5.74) is 14.7. The molecular formula is C50H34N2O2. The molecule has 2 aromatic heterocycles. The van der Waals surface area contributed by atoms with Crippen LogP contribution < -0.4 is 4.90 Å². The second kappa shape index (κ2) is 11.5. The number of furan rings is 1. The van der Waals surface area contributed by atoms with Gasteiger partial charge in [0.15, 0.2) is 5.58 Å². The van der Waals surface area contributed by atoms with Crippen molar-refractivity contribution < 1.29 is 8.83 Å². The fourth-order valence-corrected chi connectivity index (χ4v) is 8.72. The average molecular weight is 695 g/mol. The Morgan fingerprint density at radius 3 is 2.07 bits per heavy atom. The summed E-state index contributed by atoms with van der Waals surface area (Å²) in [7, 11) is 0. The molecule has 0 saturated heterocycles. The minimum Gasteiger partial charge on any atom is -0.456 e. The van der Waals surface area contributed by atoms with E-state index in [2.05, 4.69) is 152 Å². The van der Waals surface area contributed by atoms with Gasteiger partial charge >= 0.3 is 0 Å². The van der Waals surface area contributed by atoms with Gasteiger partial charge in [-0.1, -0.05) is 129 Å². The van der Waals surface area contributed by atoms with Crippen LogP contribution in [-0.2, 0) is 5.41 Å². The Labute approximate surface area is 312 Å². The molecule has 0 saturated carbocycles. The second-order valence-corrected chi connectivity index (χ2v) is 14.7. The number of anilines is 3. The molecule has 0 amide bonds. The van der Waals surface area contributed by atoms with Gasteiger partial charge in [-0.25, -0.2) is 4.98 Å². The maximum Gasteiger partial charge on any atom is 0.227 e. The molecule has 11 rings (SSSR count). The topological polar surface area (TPSA) is 42.4 Å². The first kappa shape index (κ1) is 30.7. The van der Waals surface area contributed by atoms with Crippen LogP contribution >= 0.6 is 0 Å².